The van der Waals surface area contributed by atoms with Gasteiger partial charge < -0.3 is 47.5 Å². The van der Waals surface area contributed by atoms with E-state index in [1.165, 1.54) is 6.92 Å². The van der Waals surface area contributed by atoms with E-state index in [1.807, 2.05) is 0 Å². The lowest BCUT2D eigenvalue weighted by atomic mass is 10.4. The quantitative estimate of drug-likeness (QED) is 0.278. The summed E-state index contributed by atoms with van der Waals surface area (Å²) in [6, 6.07) is 0. The van der Waals surface area contributed by atoms with E-state index in [2.05, 4.69) is 21.1 Å². The lowest BCUT2D eigenvalue weighted by molar-refractivity contribution is -0.870. The summed E-state index contributed by atoms with van der Waals surface area (Å²) in [7, 11) is 6.16. The van der Waals surface area contributed by atoms with Gasteiger partial charge in [-0.2, -0.15) is 0 Å². The maximum absolute atomic E-state index is 9.45. The highest BCUT2D eigenvalue weighted by Gasteiger charge is 2.02. The normalized spacial score (nSPS) is 11.3. The highest BCUT2D eigenvalue weighted by atomic mass is 35.5. The second-order valence-electron chi connectivity index (χ2n) is 4.77. The Morgan fingerprint density at radius 3 is 1.35 bits per heavy atom. The maximum Gasteiger partial charge on any atom is 0.332 e. The predicted molar refractivity (Wildman–Crippen MR) is 69.5 cm³/mol. The van der Waals surface area contributed by atoms with Crippen LogP contribution in [0.25, 0.3) is 0 Å². The van der Waals surface area contributed by atoms with E-state index in [0.29, 0.717) is 0 Å². The van der Waals surface area contributed by atoms with Crippen molar-refractivity contribution in [2.45, 2.75) is 19.1 Å². The number of hydrogen-bond acceptors (Lipinski definition) is 6. The van der Waals surface area contributed by atoms with Crippen molar-refractivity contribution >= 4 is 5.97 Å². The molecule has 0 aliphatic rings. The predicted octanol–water partition coefficient (Wildman–Crippen LogP) is -5.53. The minimum Gasteiger partial charge on any atom is -1.00 e. The van der Waals surface area contributed by atoms with Crippen LogP contribution in [-0.4, -0.2) is 101 Å². The van der Waals surface area contributed by atoms with Gasteiger partial charge in [-0.3, -0.25) is 0 Å². The molecule has 0 aromatic carbocycles. The zero-order valence-electron chi connectivity index (χ0n) is 12.4. The molecule has 0 rings (SSSR count). The molecule has 0 bridgehead atoms. The number of likely N-dealkylation sites (N-methyl/N-ethyl adjacent to an activating group) is 1. The van der Waals surface area contributed by atoms with Gasteiger partial charge in [-0.15, -0.1) is 0 Å². The van der Waals surface area contributed by atoms with Gasteiger partial charge in [0.2, 0.25) is 0 Å². The number of aliphatic hydroxyl groups is 5. The molecular weight excluding hydrogens is 294 g/mol. The Morgan fingerprint density at radius 1 is 1.05 bits per heavy atom. The molecule has 9 heteroatoms. The van der Waals surface area contributed by atoms with Gasteiger partial charge in [0.25, 0.3) is 0 Å². The van der Waals surface area contributed by atoms with Crippen molar-refractivity contribution in [1.82, 2.24) is 0 Å². The van der Waals surface area contributed by atoms with Crippen molar-refractivity contribution in [1.29, 1.82) is 0 Å². The van der Waals surface area contributed by atoms with Gasteiger partial charge in [0.05, 0.1) is 41.0 Å². The summed E-state index contributed by atoms with van der Waals surface area (Å²) in [6.45, 7) is 1.58. The second-order valence-corrected chi connectivity index (χ2v) is 4.77. The van der Waals surface area contributed by atoms with Crippen LogP contribution in [0, 0.1) is 0 Å². The number of carbonyl (C=O) groups is 1. The number of carboxylic acids is 1. The number of quaternary nitrogens is 1. The summed E-state index contributed by atoms with van der Waals surface area (Å²) in [5, 5.41) is 48.2. The lowest BCUT2D eigenvalue weighted by Crippen LogP contribution is -3.00. The Labute approximate surface area is 125 Å². The number of aliphatic carboxylic acids is 1. The number of carboxylic acid groups (broad SMARTS) is 1. The van der Waals surface area contributed by atoms with Crippen LogP contribution in [0.15, 0.2) is 0 Å². The third-order valence-electron chi connectivity index (χ3n) is 1.55. The lowest BCUT2D eigenvalue weighted by Gasteiger charge is -2.21. The van der Waals surface area contributed by atoms with Gasteiger partial charge in [0, 0.05) is 0 Å². The molecule has 1 unspecified atom stereocenters. The summed E-state index contributed by atoms with van der Waals surface area (Å²) in [5.74, 6) is -1.19. The molecule has 0 spiro atoms. The Kier molecular flexibility index (Phi) is 23.0. The molecule has 0 aromatic rings. The van der Waals surface area contributed by atoms with Gasteiger partial charge in [-0.05, 0) is 6.92 Å². The molecule has 0 fully saturated rings. The first-order valence-electron chi connectivity index (χ1n) is 5.73. The molecule has 0 aliphatic heterocycles. The largest absolute Gasteiger partial charge is 1.00 e. The summed E-state index contributed by atoms with van der Waals surface area (Å²) >= 11 is 0. The van der Waals surface area contributed by atoms with E-state index in [9.17, 15) is 4.79 Å². The molecule has 0 heterocycles. The van der Waals surface area contributed by atoms with E-state index in [4.69, 9.17) is 30.6 Å². The van der Waals surface area contributed by atoms with Crippen LogP contribution < -0.4 is 12.4 Å². The van der Waals surface area contributed by atoms with Crippen molar-refractivity contribution in [3.63, 3.8) is 0 Å². The number of nitrogens with zero attached hydrogens (tertiary/aromatic N) is 1. The van der Waals surface area contributed by atoms with Crippen molar-refractivity contribution in [2.75, 3.05) is 47.5 Å². The highest BCUT2D eigenvalue weighted by molar-refractivity contribution is 5.71. The topological polar surface area (TPSA) is 138 Å². The Bertz CT molecular complexity index is 205. The summed E-state index contributed by atoms with van der Waals surface area (Å²) in [6.07, 6.45) is -2.19. The summed E-state index contributed by atoms with van der Waals surface area (Å²) < 4.78 is 0.844. The second kappa shape index (κ2) is 16.6. The zero-order valence-corrected chi connectivity index (χ0v) is 13.2. The molecule has 8 nitrogen and oxygen atoms in total. The Morgan fingerprint density at radius 2 is 1.35 bits per heavy atom. The fraction of sp³-hybridized carbons (Fsp3) is 0.909. The standard InChI is InChI=1S/C5H14NO.C3H8O3.C3H6O3.ClH/c1-6(2,3)4-5-7;4-1-3(6)2-5;1-2(4)3(5)6;/h7H,4-5H2,1-3H3;3-6H,1-2H2;2,4H,1H3,(H,5,6);1H/q+1;;;/p-1. The minimum atomic E-state index is -1.23. The molecule has 1 atom stereocenters. The number of hydrogen-bond donors (Lipinski definition) is 6. The van der Waals surface area contributed by atoms with Crippen LogP contribution in [0.5, 0.6) is 0 Å². The van der Waals surface area contributed by atoms with E-state index >= 15 is 0 Å². The van der Waals surface area contributed by atoms with Crippen LogP contribution in [0.2, 0.25) is 0 Å². The first kappa shape index (κ1) is 27.8. The fourth-order valence-corrected chi connectivity index (χ4v) is 0.358. The Hall–Kier alpha value is -0.480. The first-order valence-corrected chi connectivity index (χ1v) is 5.73. The van der Waals surface area contributed by atoms with Crippen LogP contribution in [0.4, 0.5) is 0 Å². The van der Waals surface area contributed by atoms with Gasteiger partial charge in [-0.1, -0.05) is 0 Å². The molecule has 0 radical (unpaired) electrons. The van der Waals surface area contributed by atoms with Crippen molar-refractivity contribution in [2.24, 2.45) is 0 Å². The third kappa shape index (κ3) is 36.0. The van der Waals surface area contributed by atoms with E-state index in [0.717, 1.165) is 11.0 Å². The SMILES string of the molecule is CC(O)C(=O)O.C[N+](C)(C)CCO.OCC(O)CO.[Cl-]. The van der Waals surface area contributed by atoms with Gasteiger partial charge in [0.15, 0.2) is 0 Å². The monoisotopic (exact) mass is 321 g/mol. The van der Waals surface area contributed by atoms with Crippen LogP contribution in [-0.2, 0) is 4.79 Å². The minimum absolute atomic E-state index is 0. The van der Waals surface area contributed by atoms with E-state index < -0.39 is 18.2 Å². The maximum atomic E-state index is 9.45. The zero-order chi connectivity index (χ0) is 16.1. The molecule has 126 valence electrons. The van der Waals surface area contributed by atoms with E-state index in [-0.39, 0.29) is 32.2 Å². The van der Waals surface area contributed by atoms with Crippen molar-refractivity contribution in [3.8, 4) is 0 Å². The Balaban J connectivity index is -0.0000000941. The van der Waals surface area contributed by atoms with Crippen LogP contribution in [0.3, 0.4) is 0 Å². The molecule has 0 amide bonds. The van der Waals surface area contributed by atoms with Gasteiger partial charge >= 0.3 is 5.97 Å². The van der Waals surface area contributed by atoms with Crippen LogP contribution >= 0.6 is 0 Å². The molecule has 0 aromatic heterocycles. The average molecular weight is 322 g/mol. The third-order valence-corrected chi connectivity index (χ3v) is 1.55. The molecule has 0 saturated heterocycles. The van der Waals surface area contributed by atoms with E-state index in [1.54, 1.807) is 0 Å². The number of aliphatic hydroxyl groups excluding tert-OH is 5. The van der Waals surface area contributed by atoms with Gasteiger partial charge in [-0.25, -0.2) is 4.79 Å². The first-order chi connectivity index (χ1) is 8.51. The fourth-order valence-electron chi connectivity index (χ4n) is 0.358. The van der Waals surface area contributed by atoms with Crippen molar-refractivity contribution < 1.29 is 52.3 Å². The highest BCUT2D eigenvalue weighted by Crippen LogP contribution is 1.84. The molecule has 20 heavy (non-hydrogen) atoms. The number of rotatable bonds is 5. The molecule has 0 saturated carbocycles. The summed E-state index contributed by atoms with van der Waals surface area (Å²) in [4.78, 5) is 9.45. The smallest absolute Gasteiger partial charge is 0.332 e. The summed E-state index contributed by atoms with van der Waals surface area (Å²) in [5.41, 5.74) is 0. The molecule has 6 N–H and O–H groups in total. The molecule has 0 aliphatic carbocycles. The average Bonchev–Trinajstić information content (AvgIpc) is 2.27. The van der Waals surface area contributed by atoms with Gasteiger partial charge in [0.1, 0.15) is 18.8 Å². The van der Waals surface area contributed by atoms with Crippen molar-refractivity contribution in [3.05, 3.63) is 0 Å². The van der Waals surface area contributed by atoms with Crippen LogP contribution in [0.1, 0.15) is 6.92 Å². The molecular formula is C11H28ClNO7. The number of halogens is 1.